The number of rotatable bonds is 5. The molecule has 0 aromatic heterocycles. The summed E-state index contributed by atoms with van der Waals surface area (Å²) in [6.45, 7) is 3.16. The fourth-order valence-corrected chi connectivity index (χ4v) is 3.84. The molecule has 114 valence electrons. The van der Waals surface area contributed by atoms with Crippen LogP contribution in [-0.2, 0) is 4.79 Å². The van der Waals surface area contributed by atoms with Gasteiger partial charge in [0.25, 0.3) is 0 Å². The molecule has 2 saturated carbocycles. The number of aliphatic hydroxyl groups excluding tert-OH is 1. The maximum Gasteiger partial charge on any atom is 0.228 e. The van der Waals surface area contributed by atoms with Crippen molar-refractivity contribution >= 4 is 5.91 Å². The molecule has 20 heavy (non-hydrogen) atoms. The van der Waals surface area contributed by atoms with Crippen LogP contribution in [0.25, 0.3) is 0 Å². The number of hydrogen-bond acceptors (Lipinski definition) is 3. The van der Waals surface area contributed by atoms with Crippen molar-refractivity contribution in [3.05, 3.63) is 0 Å². The summed E-state index contributed by atoms with van der Waals surface area (Å²) in [4.78, 5) is 14.7. The molecule has 0 bridgehead atoms. The number of carbonyl (C=O) groups excluding carboxylic acids is 1. The number of amides is 1. The van der Waals surface area contributed by atoms with Crippen molar-refractivity contribution in [1.82, 2.24) is 10.2 Å². The van der Waals surface area contributed by atoms with Crippen LogP contribution < -0.4 is 5.32 Å². The van der Waals surface area contributed by atoms with Gasteiger partial charge in [0, 0.05) is 19.1 Å². The summed E-state index contributed by atoms with van der Waals surface area (Å²) in [7, 11) is 0. The van der Waals surface area contributed by atoms with Gasteiger partial charge in [0.2, 0.25) is 5.91 Å². The first kappa shape index (κ1) is 14.3. The molecule has 4 nitrogen and oxygen atoms in total. The monoisotopic (exact) mass is 280 g/mol. The van der Waals surface area contributed by atoms with Gasteiger partial charge in [-0.1, -0.05) is 19.3 Å². The summed E-state index contributed by atoms with van der Waals surface area (Å²) >= 11 is 0. The Kier molecular flexibility index (Phi) is 4.32. The Balaban J connectivity index is 1.40. The fourth-order valence-electron chi connectivity index (χ4n) is 3.84. The molecule has 1 aliphatic heterocycles. The minimum atomic E-state index is -0.415. The quantitative estimate of drug-likeness (QED) is 0.803. The normalized spacial score (nSPS) is 30.4. The lowest BCUT2D eigenvalue weighted by atomic mass is 9.94. The van der Waals surface area contributed by atoms with E-state index >= 15 is 0 Å². The van der Waals surface area contributed by atoms with Gasteiger partial charge in [-0.05, 0) is 44.6 Å². The fraction of sp³-hybridized carbons (Fsp3) is 0.938. The van der Waals surface area contributed by atoms with E-state index in [1.165, 1.54) is 45.1 Å². The smallest absolute Gasteiger partial charge is 0.228 e. The lowest BCUT2D eigenvalue weighted by Gasteiger charge is -2.31. The first-order valence-electron chi connectivity index (χ1n) is 8.37. The van der Waals surface area contributed by atoms with Gasteiger partial charge in [0.15, 0.2) is 0 Å². The molecule has 3 fully saturated rings. The topological polar surface area (TPSA) is 52.6 Å². The summed E-state index contributed by atoms with van der Waals surface area (Å²) in [5, 5.41) is 12.3. The van der Waals surface area contributed by atoms with E-state index < -0.39 is 5.41 Å². The molecule has 2 N–H and O–H groups in total. The molecule has 1 saturated heterocycles. The van der Waals surface area contributed by atoms with Crippen molar-refractivity contribution < 1.29 is 9.90 Å². The van der Waals surface area contributed by atoms with Crippen LogP contribution in [0.3, 0.4) is 0 Å². The van der Waals surface area contributed by atoms with Gasteiger partial charge in [-0.15, -0.1) is 0 Å². The minimum Gasteiger partial charge on any atom is -0.395 e. The van der Waals surface area contributed by atoms with E-state index in [9.17, 15) is 9.90 Å². The molecular weight excluding hydrogens is 252 g/mol. The zero-order valence-corrected chi connectivity index (χ0v) is 12.4. The number of nitrogens with one attached hydrogen (secondary N) is 1. The molecule has 2 aliphatic carbocycles. The van der Waals surface area contributed by atoms with Crippen LogP contribution in [0.4, 0.5) is 0 Å². The number of nitrogens with zero attached hydrogens (tertiary/aromatic N) is 1. The highest BCUT2D eigenvalue weighted by atomic mass is 16.3. The Bertz CT molecular complexity index is 348. The lowest BCUT2D eigenvalue weighted by molar-refractivity contribution is -0.127. The average Bonchev–Trinajstić information content (AvgIpc) is 3.17. The largest absolute Gasteiger partial charge is 0.395 e. The van der Waals surface area contributed by atoms with Crippen LogP contribution in [0.15, 0.2) is 0 Å². The van der Waals surface area contributed by atoms with E-state index in [0.717, 1.165) is 32.0 Å². The van der Waals surface area contributed by atoms with E-state index in [0.29, 0.717) is 5.92 Å². The second-order valence-electron chi connectivity index (χ2n) is 7.09. The Morgan fingerprint density at radius 3 is 2.60 bits per heavy atom. The van der Waals surface area contributed by atoms with Crippen LogP contribution in [0.2, 0.25) is 0 Å². The SMILES string of the molecule is O=C(NC[C@H]1CCN(C2CCCCC2)C1)C1(CO)CC1. The first-order valence-corrected chi connectivity index (χ1v) is 8.37. The average molecular weight is 280 g/mol. The summed E-state index contributed by atoms with van der Waals surface area (Å²) < 4.78 is 0. The summed E-state index contributed by atoms with van der Waals surface area (Å²) in [5.41, 5.74) is -0.415. The van der Waals surface area contributed by atoms with Crippen molar-refractivity contribution in [3.63, 3.8) is 0 Å². The molecule has 0 unspecified atom stereocenters. The van der Waals surface area contributed by atoms with Crippen LogP contribution >= 0.6 is 0 Å². The van der Waals surface area contributed by atoms with E-state index in [4.69, 9.17) is 0 Å². The van der Waals surface area contributed by atoms with Crippen molar-refractivity contribution in [1.29, 1.82) is 0 Å². The molecular formula is C16H28N2O2. The Morgan fingerprint density at radius 2 is 1.95 bits per heavy atom. The lowest BCUT2D eigenvalue weighted by Crippen LogP contribution is -2.39. The van der Waals surface area contributed by atoms with E-state index in [1.54, 1.807) is 0 Å². The number of aliphatic hydroxyl groups is 1. The van der Waals surface area contributed by atoms with Gasteiger partial charge in [0.1, 0.15) is 0 Å². The molecule has 1 heterocycles. The third kappa shape index (κ3) is 3.01. The second kappa shape index (κ2) is 6.02. The van der Waals surface area contributed by atoms with Gasteiger partial charge in [-0.3, -0.25) is 4.79 Å². The Morgan fingerprint density at radius 1 is 1.20 bits per heavy atom. The third-order valence-corrected chi connectivity index (χ3v) is 5.60. The molecule has 3 rings (SSSR count). The molecule has 0 aromatic carbocycles. The van der Waals surface area contributed by atoms with Gasteiger partial charge in [-0.2, -0.15) is 0 Å². The molecule has 1 amide bonds. The standard InChI is InChI=1S/C16H28N2O2/c19-12-16(7-8-16)15(20)17-10-13-6-9-18(11-13)14-4-2-1-3-5-14/h13-14,19H,1-12H2,(H,17,20)/t13-/m1/s1. The second-order valence-corrected chi connectivity index (χ2v) is 7.09. The zero-order chi connectivity index (χ0) is 14.0. The summed E-state index contributed by atoms with van der Waals surface area (Å²) in [6.07, 6.45) is 9.85. The maximum atomic E-state index is 12.0. The van der Waals surface area contributed by atoms with Gasteiger partial charge < -0.3 is 15.3 Å². The van der Waals surface area contributed by atoms with E-state index in [2.05, 4.69) is 10.2 Å². The highest BCUT2D eigenvalue weighted by molar-refractivity contribution is 5.85. The Labute approximate surface area is 121 Å². The predicted molar refractivity (Wildman–Crippen MR) is 78.3 cm³/mol. The van der Waals surface area contributed by atoms with E-state index in [1.807, 2.05) is 0 Å². The molecule has 1 atom stereocenters. The maximum absolute atomic E-state index is 12.0. The zero-order valence-electron chi connectivity index (χ0n) is 12.4. The molecule has 4 heteroatoms. The molecule has 3 aliphatic rings. The highest BCUT2D eigenvalue weighted by Crippen LogP contribution is 2.45. The summed E-state index contributed by atoms with van der Waals surface area (Å²) in [5.74, 6) is 0.687. The van der Waals surface area contributed by atoms with Crippen LogP contribution in [-0.4, -0.2) is 48.2 Å². The number of carbonyl (C=O) groups is 1. The van der Waals surface area contributed by atoms with E-state index in [-0.39, 0.29) is 12.5 Å². The van der Waals surface area contributed by atoms with Crippen LogP contribution in [0, 0.1) is 11.3 Å². The van der Waals surface area contributed by atoms with Gasteiger partial charge in [0.05, 0.1) is 12.0 Å². The van der Waals surface area contributed by atoms with Gasteiger partial charge >= 0.3 is 0 Å². The third-order valence-electron chi connectivity index (χ3n) is 5.60. The van der Waals surface area contributed by atoms with Gasteiger partial charge in [-0.25, -0.2) is 0 Å². The van der Waals surface area contributed by atoms with Crippen molar-refractivity contribution in [2.24, 2.45) is 11.3 Å². The number of hydrogen-bond donors (Lipinski definition) is 2. The molecule has 0 spiro atoms. The minimum absolute atomic E-state index is 0.0116. The van der Waals surface area contributed by atoms with Crippen molar-refractivity contribution in [3.8, 4) is 0 Å². The van der Waals surface area contributed by atoms with Crippen molar-refractivity contribution in [2.45, 2.75) is 57.4 Å². The summed E-state index contributed by atoms with van der Waals surface area (Å²) in [6, 6.07) is 0.802. The first-order chi connectivity index (χ1) is 9.73. The Hall–Kier alpha value is -0.610. The van der Waals surface area contributed by atoms with Crippen LogP contribution in [0.1, 0.15) is 51.4 Å². The molecule has 0 aromatic rings. The molecule has 0 radical (unpaired) electrons. The van der Waals surface area contributed by atoms with Crippen molar-refractivity contribution in [2.75, 3.05) is 26.2 Å². The highest BCUT2D eigenvalue weighted by Gasteiger charge is 2.49. The number of likely N-dealkylation sites (tertiary alicyclic amines) is 1. The predicted octanol–water partition coefficient (Wildman–Crippen LogP) is 1.53. The van der Waals surface area contributed by atoms with Crippen LogP contribution in [0.5, 0.6) is 0 Å².